The van der Waals surface area contributed by atoms with E-state index in [1.54, 1.807) is 0 Å². The number of allylic oxidation sites excluding steroid dienone is 3. The van der Waals surface area contributed by atoms with Gasteiger partial charge in [-0.1, -0.05) is 50.0 Å². The van der Waals surface area contributed by atoms with Crippen LogP contribution in [0.4, 0.5) is 0 Å². The summed E-state index contributed by atoms with van der Waals surface area (Å²) in [4.78, 5) is 4.66. The molecule has 162 valence electrons. The largest absolute Gasteiger partial charge is 0.376 e. The van der Waals surface area contributed by atoms with Crippen LogP contribution >= 0.6 is 0 Å². The summed E-state index contributed by atoms with van der Waals surface area (Å²) in [6.45, 7) is 8.74. The first kappa shape index (κ1) is 21.3. The predicted molar refractivity (Wildman–Crippen MR) is 122 cm³/mol. The molecule has 1 unspecified atom stereocenters. The third-order valence-electron chi connectivity index (χ3n) is 5.62. The van der Waals surface area contributed by atoms with E-state index in [1.165, 1.54) is 0 Å². The molecule has 1 fully saturated rings. The van der Waals surface area contributed by atoms with Crippen LogP contribution in [0.15, 0.2) is 42.4 Å². The van der Waals surface area contributed by atoms with Gasteiger partial charge in [-0.15, -0.1) is 5.10 Å². The SMILES string of the molecule is CCc1cc(C#CCNC2=CCCC=C2)cnc1-c1cn(CC2CC(C)(C)CO2)nn1. The summed E-state index contributed by atoms with van der Waals surface area (Å²) in [5.74, 6) is 6.40. The fourth-order valence-electron chi connectivity index (χ4n) is 4.02. The summed E-state index contributed by atoms with van der Waals surface area (Å²) in [6.07, 6.45) is 14.6. The topological polar surface area (TPSA) is 64.9 Å². The molecule has 1 atom stereocenters. The standard InChI is InChI=1S/C25H31N5O/c1-4-20-13-19(9-8-12-26-21-10-6-5-7-11-21)15-27-24(20)23-17-30(29-28-23)16-22-14-25(2,3)18-31-22/h6,10-11,13,15,17,22,26H,4-5,7,12,14,16,18H2,1-3H3. The number of nitrogens with zero attached hydrogens (tertiary/aromatic N) is 4. The molecule has 1 saturated heterocycles. The molecule has 6 heteroatoms. The lowest BCUT2D eigenvalue weighted by Gasteiger charge is -2.13. The highest BCUT2D eigenvalue weighted by Gasteiger charge is 2.32. The van der Waals surface area contributed by atoms with E-state index >= 15 is 0 Å². The van der Waals surface area contributed by atoms with Crippen molar-refractivity contribution in [3.63, 3.8) is 0 Å². The zero-order chi connectivity index (χ0) is 21.7. The highest BCUT2D eigenvalue weighted by atomic mass is 16.5. The Morgan fingerprint density at radius 2 is 2.23 bits per heavy atom. The molecule has 1 N–H and O–H groups in total. The normalized spacial score (nSPS) is 19.6. The van der Waals surface area contributed by atoms with Gasteiger partial charge in [0.1, 0.15) is 5.69 Å². The minimum absolute atomic E-state index is 0.189. The average Bonchev–Trinajstić information content (AvgIpc) is 3.37. The number of hydrogen-bond acceptors (Lipinski definition) is 5. The molecule has 31 heavy (non-hydrogen) atoms. The van der Waals surface area contributed by atoms with Crippen LogP contribution in [0.25, 0.3) is 11.4 Å². The highest BCUT2D eigenvalue weighted by molar-refractivity contribution is 5.59. The summed E-state index contributed by atoms with van der Waals surface area (Å²) in [5, 5.41) is 12.0. The molecule has 0 radical (unpaired) electrons. The van der Waals surface area contributed by atoms with Gasteiger partial charge in [0.25, 0.3) is 0 Å². The number of pyridine rings is 1. The van der Waals surface area contributed by atoms with Gasteiger partial charge in [0.15, 0.2) is 0 Å². The Hall–Kier alpha value is -2.91. The molecule has 2 aromatic rings. The molecule has 0 amide bonds. The van der Waals surface area contributed by atoms with Crippen molar-refractivity contribution in [1.29, 1.82) is 0 Å². The highest BCUT2D eigenvalue weighted by Crippen LogP contribution is 2.32. The summed E-state index contributed by atoms with van der Waals surface area (Å²) < 4.78 is 7.77. The fourth-order valence-corrected chi connectivity index (χ4v) is 4.02. The van der Waals surface area contributed by atoms with Crippen LogP contribution in [0.1, 0.15) is 51.2 Å². The zero-order valence-electron chi connectivity index (χ0n) is 18.7. The minimum Gasteiger partial charge on any atom is -0.376 e. The minimum atomic E-state index is 0.189. The third-order valence-corrected chi connectivity index (χ3v) is 5.62. The molecule has 6 nitrogen and oxygen atoms in total. The van der Waals surface area contributed by atoms with Gasteiger partial charge in [0.05, 0.1) is 37.7 Å². The molecule has 4 rings (SSSR count). The van der Waals surface area contributed by atoms with E-state index in [1.807, 2.05) is 17.1 Å². The Kier molecular flexibility index (Phi) is 6.53. The van der Waals surface area contributed by atoms with Crippen molar-refractivity contribution in [2.45, 2.75) is 59.1 Å². The Labute approximate surface area is 184 Å². The van der Waals surface area contributed by atoms with Gasteiger partial charge in [0.2, 0.25) is 0 Å². The number of rotatable bonds is 6. The van der Waals surface area contributed by atoms with Crippen LogP contribution in [-0.2, 0) is 17.7 Å². The van der Waals surface area contributed by atoms with Crippen molar-refractivity contribution in [3.8, 4) is 23.2 Å². The Morgan fingerprint density at radius 1 is 1.32 bits per heavy atom. The lowest BCUT2D eigenvalue weighted by Crippen LogP contribution is -2.16. The van der Waals surface area contributed by atoms with Crippen molar-refractivity contribution in [2.75, 3.05) is 13.2 Å². The third kappa shape index (κ3) is 5.62. The van der Waals surface area contributed by atoms with Crippen molar-refractivity contribution < 1.29 is 4.74 Å². The van der Waals surface area contributed by atoms with Crippen LogP contribution in [0.2, 0.25) is 0 Å². The lowest BCUT2D eigenvalue weighted by atomic mass is 9.91. The zero-order valence-corrected chi connectivity index (χ0v) is 18.7. The quantitative estimate of drug-likeness (QED) is 0.723. The van der Waals surface area contributed by atoms with E-state index < -0.39 is 0 Å². The lowest BCUT2D eigenvalue weighted by molar-refractivity contribution is 0.0848. The number of nitrogens with one attached hydrogen (secondary N) is 1. The van der Waals surface area contributed by atoms with Gasteiger partial charge in [-0.25, -0.2) is 4.68 Å². The van der Waals surface area contributed by atoms with E-state index in [-0.39, 0.29) is 11.5 Å². The molecule has 1 aliphatic heterocycles. The van der Waals surface area contributed by atoms with E-state index in [2.05, 4.69) is 77.5 Å². The molecule has 0 saturated carbocycles. The second-order valence-electron chi connectivity index (χ2n) is 9.01. The smallest absolute Gasteiger partial charge is 0.131 e. The number of aryl methyl sites for hydroxylation is 1. The van der Waals surface area contributed by atoms with Crippen molar-refractivity contribution in [3.05, 3.63) is 53.5 Å². The molecule has 0 aromatic carbocycles. The molecule has 1 aliphatic carbocycles. The number of aromatic nitrogens is 4. The summed E-state index contributed by atoms with van der Waals surface area (Å²) in [7, 11) is 0. The van der Waals surface area contributed by atoms with Gasteiger partial charge < -0.3 is 10.1 Å². The average molecular weight is 418 g/mol. The van der Waals surface area contributed by atoms with Gasteiger partial charge in [-0.3, -0.25) is 4.98 Å². The molecule has 2 aromatic heterocycles. The Bertz CT molecular complexity index is 1040. The summed E-state index contributed by atoms with van der Waals surface area (Å²) >= 11 is 0. The molecule has 2 aliphatic rings. The fraction of sp³-hybridized carbons (Fsp3) is 0.480. The molecule has 3 heterocycles. The maximum absolute atomic E-state index is 5.90. The number of hydrogen-bond donors (Lipinski definition) is 1. The van der Waals surface area contributed by atoms with Gasteiger partial charge >= 0.3 is 0 Å². The van der Waals surface area contributed by atoms with Crippen LogP contribution in [0.5, 0.6) is 0 Å². The van der Waals surface area contributed by atoms with Gasteiger partial charge in [0, 0.05) is 17.5 Å². The molecule has 0 spiro atoms. The van der Waals surface area contributed by atoms with Crippen molar-refractivity contribution >= 4 is 0 Å². The van der Waals surface area contributed by atoms with Crippen LogP contribution in [-0.4, -0.2) is 39.2 Å². The molecular weight excluding hydrogens is 386 g/mol. The first-order valence-electron chi connectivity index (χ1n) is 11.1. The Morgan fingerprint density at radius 3 is 2.97 bits per heavy atom. The second-order valence-corrected chi connectivity index (χ2v) is 9.01. The van der Waals surface area contributed by atoms with E-state index in [0.717, 1.165) is 67.0 Å². The van der Waals surface area contributed by atoms with Crippen LogP contribution < -0.4 is 5.32 Å². The maximum atomic E-state index is 5.90. The first-order chi connectivity index (χ1) is 15.0. The second kappa shape index (κ2) is 9.49. The van der Waals surface area contributed by atoms with Crippen LogP contribution in [0, 0.1) is 17.3 Å². The summed E-state index contributed by atoms with van der Waals surface area (Å²) in [6, 6.07) is 2.11. The maximum Gasteiger partial charge on any atom is 0.131 e. The van der Waals surface area contributed by atoms with Crippen molar-refractivity contribution in [2.24, 2.45) is 5.41 Å². The number of ether oxygens (including phenoxy) is 1. The van der Waals surface area contributed by atoms with Crippen molar-refractivity contribution in [1.82, 2.24) is 25.3 Å². The van der Waals surface area contributed by atoms with E-state index in [4.69, 9.17) is 4.74 Å². The molecular formula is C25H31N5O. The van der Waals surface area contributed by atoms with E-state index in [9.17, 15) is 0 Å². The Balaban J connectivity index is 1.40. The van der Waals surface area contributed by atoms with Gasteiger partial charge in [-0.2, -0.15) is 0 Å². The monoisotopic (exact) mass is 417 g/mol. The molecule has 0 bridgehead atoms. The summed E-state index contributed by atoms with van der Waals surface area (Å²) in [5.41, 5.74) is 5.11. The van der Waals surface area contributed by atoms with Crippen LogP contribution in [0.3, 0.4) is 0 Å². The first-order valence-corrected chi connectivity index (χ1v) is 11.1. The van der Waals surface area contributed by atoms with E-state index in [0.29, 0.717) is 6.54 Å². The van der Waals surface area contributed by atoms with Gasteiger partial charge in [-0.05, 0) is 48.8 Å². The predicted octanol–water partition coefficient (Wildman–Crippen LogP) is 3.89.